The van der Waals surface area contributed by atoms with E-state index in [1.165, 1.54) is 37.7 Å². The van der Waals surface area contributed by atoms with Gasteiger partial charge >= 0.3 is 0 Å². The second-order valence-electron chi connectivity index (χ2n) is 5.14. The van der Waals surface area contributed by atoms with E-state index in [0.717, 1.165) is 18.4 Å². The van der Waals surface area contributed by atoms with E-state index in [4.69, 9.17) is 0 Å². The molecule has 1 aliphatic rings. The highest BCUT2D eigenvalue weighted by Crippen LogP contribution is 2.28. The molecule has 17 heavy (non-hydrogen) atoms. The van der Waals surface area contributed by atoms with Gasteiger partial charge in [-0.05, 0) is 17.9 Å². The molecule has 0 N–H and O–H groups in total. The number of rotatable bonds is 4. The van der Waals surface area contributed by atoms with Crippen LogP contribution in [0.2, 0.25) is 0 Å². The molecule has 0 radical (unpaired) electrons. The minimum Gasteiger partial charge on any atom is -0.294 e. The molecule has 0 aliphatic heterocycles. The highest BCUT2D eigenvalue weighted by Gasteiger charge is 2.19. The zero-order valence-corrected chi connectivity index (χ0v) is 10.7. The Kier molecular flexibility index (Phi) is 4.36. The van der Waals surface area contributed by atoms with Crippen molar-refractivity contribution in [3.8, 4) is 0 Å². The summed E-state index contributed by atoms with van der Waals surface area (Å²) in [5.74, 6) is 0.996. The summed E-state index contributed by atoms with van der Waals surface area (Å²) in [6.07, 6.45) is 8.20. The van der Waals surface area contributed by atoms with Crippen LogP contribution in [-0.2, 0) is 6.42 Å². The van der Waals surface area contributed by atoms with Crippen LogP contribution in [-0.4, -0.2) is 5.78 Å². The molecule has 0 amide bonds. The molecule has 1 aromatic rings. The van der Waals surface area contributed by atoms with E-state index in [1.807, 2.05) is 18.2 Å². The van der Waals surface area contributed by atoms with Crippen LogP contribution >= 0.6 is 0 Å². The van der Waals surface area contributed by atoms with Crippen LogP contribution in [0.25, 0.3) is 0 Å². The van der Waals surface area contributed by atoms with Crippen LogP contribution < -0.4 is 0 Å². The summed E-state index contributed by atoms with van der Waals surface area (Å²) in [5, 5.41) is 0. The van der Waals surface area contributed by atoms with E-state index in [1.54, 1.807) is 0 Å². The third kappa shape index (κ3) is 3.18. The Balaban J connectivity index is 2.03. The smallest absolute Gasteiger partial charge is 0.163 e. The molecule has 1 fully saturated rings. The van der Waals surface area contributed by atoms with Crippen molar-refractivity contribution in [2.24, 2.45) is 5.92 Å². The summed E-state index contributed by atoms with van der Waals surface area (Å²) >= 11 is 0. The first-order valence-corrected chi connectivity index (χ1v) is 6.92. The maximum atomic E-state index is 12.3. The van der Waals surface area contributed by atoms with Gasteiger partial charge in [0.1, 0.15) is 0 Å². The molecule has 0 saturated heterocycles. The second kappa shape index (κ2) is 6.00. The topological polar surface area (TPSA) is 17.1 Å². The first-order valence-electron chi connectivity index (χ1n) is 6.92. The molecule has 0 aromatic heterocycles. The molecule has 1 heteroatoms. The van der Waals surface area contributed by atoms with Gasteiger partial charge in [0, 0.05) is 12.0 Å². The number of hydrogen-bond acceptors (Lipinski definition) is 1. The first-order chi connectivity index (χ1) is 8.31. The lowest BCUT2D eigenvalue weighted by Crippen LogP contribution is -2.13. The van der Waals surface area contributed by atoms with E-state index in [2.05, 4.69) is 13.0 Å². The maximum Gasteiger partial charge on any atom is 0.163 e. The lowest BCUT2D eigenvalue weighted by Gasteiger charge is -2.21. The van der Waals surface area contributed by atoms with Gasteiger partial charge < -0.3 is 0 Å². The molecule has 2 rings (SSSR count). The lowest BCUT2D eigenvalue weighted by atomic mass is 9.84. The molecule has 1 aromatic carbocycles. The second-order valence-corrected chi connectivity index (χ2v) is 5.14. The minimum absolute atomic E-state index is 0.356. The molecule has 0 spiro atoms. The highest BCUT2D eigenvalue weighted by molar-refractivity contribution is 5.97. The van der Waals surface area contributed by atoms with Gasteiger partial charge in [-0.2, -0.15) is 0 Å². The van der Waals surface area contributed by atoms with Crippen molar-refractivity contribution in [1.82, 2.24) is 0 Å². The zero-order chi connectivity index (χ0) is 12.1. The summed E-state index contributed by atoms with van der Waals surface area (Å²) in [7, 11) is 0. The maximum absolute atomic E-state index is 12.3. The van der Waals surface area contributed by atoms with Crippen molar-refractivity contribution in [2.45, 2.75) is 51.9 Å². The standard InChI is InChI=1S/C16H22O/c1-2-14-10-6-7-11-15(14)16(17)12-13-8-4-3-5-9-13/h6-7,10-11,13H,2-5,8-9,12H2,1H3. The van der Waals surface area contributed by atoms with Gasteiger partial charge in [-0.25, -0.2) is 0 Å². The molecule has 0 bridgehead atoms. The van der Waals surface area contributed by atoms with Crippen molar-refractivity contribution < 1.29 is 4.79 Å². The van der Waals surface area contributed by atoms with Crippen LogP contribution in [0.15, 0.2) is 24.3 Å². The summed E-state index contributed by atoms with van der Waals surface area (Å²) in [6.45, 7) is 2.12. The molecule has 1 saturated carbocycles. The number of aryl methyl sites for hydroxylation is 1. The van der Waals surface area contributed by atoms with E-state index >= 15 is 0 Å². The quantitative estimate of drug-likeness (QED) is 0.700. The van der Waals surface area contributed by atoms with Crippen molar-refractivity contribution in [1.29, 1.82) is 0 Å². The molecule has 92 valence electrons. The van der Waals surface area contributed by atoms with Crippen molar-refractivity contribution in [2.75, 3.05) is 0 Å². The van der Waals surface area contributed by atoms with Gasteiger partial charge in [-0.15, -0.1) is 0 Å². The number of Topliss-reactive ketones (excluding diaryl/α,β-unsaturated/α-hetero) is 1. The van der Waals surface area contributed by atoms with Gasteiger partial charge in [0.15, 0.2) is 5.78 Å². The van der Waals surface area contributed by atoms with Crippen molar-refractivity contribution in [3.05, 3.63) is 35.4 Å². The van der Waals surface area contributed by atoms with Crippen LogP contribution in [0.3, 0.4) is 0 Å². The van der Waals surface area contributed by atoms with Crippen molar-refractivity contribution >= 4 is 5.78 Å². The predicted octanol–water partition coefficient (Wildman–Crippen LogP) is 4.40. The van der Waals surface area contributed by atoms with E-state index in [-0.39, 0.29) is 0 Å². The SMILES string of the molecule is CCc1ccccc1C(=O)CC1CCCCC1. The number of hydrogen-bond donors (Lipinski definition) is 0. The Morgan fingerprint density at radius 2 is 1.88 bits per heavy atom. The zero-order valence-electron chi connectivity index (χ0n) is 10.7. The summed E-state index contributed by atoms with van der Waals surface area (Å²) in [6, 6.07) is 8.07. The molecule has 1 aliphatic carbocycles. The fourth-order valence-corrected chi connectivity index (χ4v) is 2.86. The Morgan fingerprint density at radius 3 is 2.59 bits per heavy atom. The molecule has 0 unspecified atom stereocenters. The van der Waals surface area contributed by atoms with Gasteiger partial charge in [-0.3, -0.25) is 4.79 Å². The minimum atomic E-state index is 0.356. The largest absolute Gasteiger partial charge is 0.294 e. The van der Waals surface area contributed by atoms with E-state index < -0.39 is 0 Å². The molecule has 0 atom stereocenters. The number of ketones is 1. The average molecular weight is 230 g/mol. The van der Waals surface area contributed by atoms with Gasteiger partial charge in [0.25, 0.3) is 0 Å². The Morgan fingerprint density at radius 1 is 1.18 bits per heavy atom. The number of carbonyl (C=O) groups excluding carboxylic acids is 1. The van der Waals surface area contributed by atoms with Crippen LogP contribution in [0.5, 0.6) is 0 Å². The van der Waals surface area contributed by atoms with Crippen molar-refractivity contribution in [3.63, 3.8) is 0 Å². The van der Waals surface area contributed by atoms with Crippen LogP contribution in [0, 0.1) is 5.92 Å². The molecule has 1 nitrogen and oxygen atoms in total. The average Bonchev–Trinajstić information content (AvgIpc) is 2.40. The normalized spacial score (nSPS) is 17.0. The third-order valence-electron chi connectivity index (χ3n) is 3.90. The molecular formula is C16H22O. The first kappa shape index (κ1) is 12.3. The fraction of sp³-hybridized carbons (Fsp3) is 0.562. The Bertz CT molecular complexity index is 375. The van der Waals surface area contributed by atoms with Crippen LogP contribution in [0.1, 0.15) is 61.4 Å². The van der Waals surface area contributed by atoms with Crippen LogP contribution in [0.4, 0.5) is 0 Å². The highest BCUT2D eigenvalue weighted by atomic mass is 16.1. The summed E-state index contributed by atoms with van der Waals surface area (Å²) < 4.78 is 0. The fourth-order valence-electron chi connectivity index (χ4n) is 2.86. The third-order valence-corrected chi connectivity index (χ3v) is 3.90. The Labute approximate surface area is 104 Å². The van der Waals surface area contributed by atoms with E-state index in [9.17, 15) is 4.79 Å². The van der Waals surface area contributed by atoms with Gasteiger partial charge in [-0.1, -0.05) is 63.3 Å². The van der Waals surface area contributed by atoms with Gasteiger partial charge in [0.05, 0.1) is 0 Å². The van der Waals surface area contributed by atoms with Gasteiger partial charge in [0.2, 0.25) is 0 Å². The monoisotopic (exact) mass is 230 g/mol. The number of benzene rings is 1. The predicted molar refractivity (Wildman–Crippen MR) is 71.3 cm³/mol. The molecule has 0 heterocycles. The summed E-state index contributed by atoms with van der Waals surface area (Å²) in [5.41, 5.74) is 2.16. The molecular weight excluding hydrogens is 208 g/mol. The lowest BCUT2D eigenvalue weighted by molar-refractivity contribution is 0.0949. The van der Waals surface area contributed by atoms with E-state index in [0.29, 0.717) is 11.7 Å². The summed E-state index contributed by atoms with van der Waals surface area (Å²) in [4.78, 5) is 12.3. The number of carbonyl (C=O) groups is 1. The Hall–Kier alpha value is -1.11.